The first-order chi connectivity index (χ1) is 9.33. The van der Waals surface area contributed by atoms with Crippen LogP contribution < -0.4 is 5.32 Å². The first kappa shape index (κ1) is 16.1. The zero-order valence-electron chi connectivity index (χ0n) is 11.5. The van der Waals surface area contributed by atoms with Crippen molar-refractivity contribution in [2.45, 2.75) is 32.2 Å². The number of aliphatic hydroxyl groups is 1. The van der Waals surface area contributed by atoms with E-state index in [0.29, 0.717) is 0 Å². The summed E-state index contributed by atoms with van der Waals surface area (Å²) in [4.78, 5) is 22.4. The molecule has 1 aromatic rings. The lowest BCUT2D eigenvalue weighted by atomic mass is 10.1. The zero-order valence-corrected chi connectivity index (χ0v) is 11.5. The summed E-state index contributed by atoms with van der Waals surface area (Å²) < 4.78 is 5.37. The Bertz CT molecular complexity index is 458. The SMILES string of the molecule is CC(OCc1ccccc1)C(=O)NCC(C)(O)C(=O)O. The number of rotatable bonds is 7. The molecule has 0 bridgehead atoms. The van der Waals surface area contributed by atoms with E-state index >= 15 is 0 Å². The molecule has 3 N–H and O–H groups in total. The second-order valence-electron chi connectivity index (χ2n) is 4.74. The van der Waals surface area contributed by atoms with Crippen LogP contribution in [-0.4, -0.2) is 40.3 Å². The minimum Gasteiger partial charge on any atom is -0.479 e. The maximum Gasteiger partial charge on any atom is 0.337 e. The zero-order chi connectivity index (χ0) is 15.2. The molecule has 0 radical (unpaired) electrons. The summed E-state index contributed by atoms with van der Waals surface area (Å²) in [6.45, 7) is 2.59. The summed E-state index contributed by atoms with van der Waals surface area (Å²) in [5.41, 5.74) is -1.06. The van der Waals surface area contributed by atoms with Crippen molar-refractivity contribution < 1.29 is 24.5 Å². The Morgan fingerprint density at radius 2 is 1.95 bits per heavy atom. The number of carbonyl (C=O) groups excluding carboxylic acids is 1. The number of amides is 1. The van der Waals surface area contributed by atoms with Gasteiger partial charge in [0.05, 0.1) is 13.2 Å². The van der Waals surface area contributed by atoms with Gasteiger partial charge in [-0.05, 0) is 19.4 Å². The van der Waals surface area contributed by atoms with Gasteiger partial charge in [-0.25, -0.2) is 4.79 Å². The van der Waals surface area contributed by atoms with Gasteiger partial charge < -0.3 is 20.3 Å². The van der Waals surface area contributed by atoms with E-state index in [0.717, 1.165) is 12.5 Å². The van der Waals surface area contributed by atoms with Gasteiger partial charge in [-0.2, -0.15) is 0 Å². The average molecular weight is 281 g/mol. The number of benzene rings is 1. The van der Waals surface area contributed by atoms with Crippen LogP contribution in [0.4, 0.5) is 0 Å². The van der Waals surface area contributed by atoms with Crippen LogP contribution in [0.2, 0.25) is 0 Å². The average Bonchev–Trinajstić information content (AvgIpc) is 2.43. The number of carboxylic acid groups (broad SMARTS) is 1. The van der Waals surface area contributed by atoms with Crippen molar-refractivity contribution in [3.05, 3.63) is 35.9 Å². The maximum atomic E-state index is 11.7. The van der Waals surface area contributed by atoms with E-state index in [9.17, 15) is 14.7 Å². The second kappa shape index (κ2) is 7.02. The molecule has 110 valence electrons. The van der Waals surface area contributed by atoms with Crippen molar-refractivity contribution in [2.75, 3.05) is 6.54 Å². The minimum atomic E-state index is -1.99. The smallest absolute Gasteiger partial charge is 0.337 e. The predicted octanol–water partition coefficient (Wildman–Crippen LogP) is 0.543. The molecule has 0 spiro atoms. The van der Waals surface area contributed by atoms with Gasteiger partial charge in [-0.3, -0.25) is 4.79 Å². The van der Waals surface area contributed by atoms with Crippen molar-refractivity contribution in [1.82, 2.24) is 5.32 Å². The van der Waals surface area contributed by atoms with Gasteiger partial charge in [0.15, 0.2) is 5.60 Å². The molecule has 6 heteroatoms. The number of aliphatic carboxylic acids is 1. The molecule has 20 heavy (non-hydrogen) atoms. The van der Waals surface area contributed by atoms with E-state index in [1.807, 2.05) is 30.3 Å². The van der Waals surface area contributed by atoms with Gasteiger partial charge in [0.25, 0.3) is 0 Å². The van der Waals surface area contributed by atoms with Crippen LogP contribution in [-0.2, 0) is 20.9 Å². The Kier molecular flexibility index (Phi) is 5.66. The highest BCUT2D eigenvalue weighted by molar-refractivity contribution is 5.82. The quantitative estimate of drug-likeness (QED) is 0.678. The maximum absolute atomic E-state index is 11.7. The van der Waals surface area contributed by atoms with Crippen LogP contribution in [0.5, 0.6) is 0 Å². The molecule has 0 aliphatic rings. The normalized spacial score (nSPS) is 15.2. The summed E-state index contributed by atoms with van der Waals surface area (Å²) in [7, 11) is 0. The summed E-state index contributed by atoms with van der Waals surface area (Å²) in [6, 6.07) is 9.37. The van der Waals surface area contributed by atoms with Crippen LogP contribution in [0.15, 0.2) is 30.3 Å². The van der Waals surface area contributed by atoms with E-state index in [1.165, 1.54) is 0 Å². The highest BCUT2D eigenvalue weighted by atomic mass is 16.5. The molecule has 0 aliphatic carbocycles. The number of carboxylic acids is 1. The van der Waals surface area contributed by atoms with Crippen LogP contribution >= 0.6 is 0 Å². The molecular weight excluding hydrogens is 262 g/mol. The van der Waals surface area contributed by atoms with Gasteiger partial charge in [0.1, 0.15) is 6.10 Å². The standard InChI is InChI=1S/C14H19NO5/c1-10(20-8-11-6-4-3-5-7-11)12(16)15-9-14(2,19)13(17)18/h3-7,10,19H,8-9H2,1-2H3,(H,15,16)(H,17,18). The Morgan fingerprint density at radius 3 is 2.50 bits per heavy atom. The Hall–Kier alpha value is -1.92. The third-order valence-electron chi connectivity index (χ3n) is 2.78. The fourth-order valence-corrected chi connectivity index (χ4v) is 1.35. The predicted molar refractivity (Wildman–Crippen MR) is 72.0 cm³/mol. The lowest BCUT2D eigenvalue weighted by Crippen LogP contribution is -2.48. The molecule has 2 atom stereocenters. The summed E-state index contributed by atoms with van der Waals surface area (Å²) in [5.74, 6) is -1.86. The number of ether oxygens (including phenoxy) is 1. The van der Waals surface area contributed by atoms with E-state index in [2.05, 4.69) is 5.32 Å². The molecule has 6 nitrogen and oxygen atoms in total. The highest BCUT2D eigenvalue weighted by Gasteiger charge is 2.30. The van der Waals surface area contributed by atoms with Crippen molar-refractivity contribution in [3.63, 3.8) is 0 Å². The van der Waals surface area contributed by atoms with Gasteiger partial charge in [0, 0.05) is 0 Å². The molecule has 0 saturated carbocycles. The molecule has 1 aromatic carbocycles. The fraction of sp³-hybridized carbons (Fsp3) is 0.429. The van der Waals surface area contributed by atoms with Crippen LogP contribution in [0.3, 0.4) is 0 Å². The highest BCUT2D eigenvalue weighted by Crippen LogP contribution is 2.05. The van der Waals surface area contributed by atoms with Gasteiger partial charge in [-0.1, -0.05) is 30.3 Å². The van der Waals surface area contributed by atoms with E-state index in [-0.39, 0.29) is 13.2 Å². The monoisotopic (exact) mass is 281 g/mol. The molecule has 1 rings (SSSR count). The lowest BCUT2D eigenvalue weighted by Gasteiger charge is -2.20. The molecule has 0 saturated heterocycles. The van der Waals surface area contributed by atoms with Gasteiger partial charge >= 0.3 is 5.97 Å². The molecule has 0 fully saturated rings. The number of hydrogen-bond acceptors (Lipinski definition) is 4. The van der Waals surface area contributed by atoms with E-state index in [4.69, 9.17) is 9.84 Å². The van der Waals surface area contributed by atoms with Gasteiger partial charge in [-0.15, -0.1) is 0 Å². The largest absolute Gasteiger partial charge is 0.479 e. The Balaban J connectivity index is 2.38. The fourth-order valence-electron chi connectivity index (χ4n) is 1.35. The minimum absolute atomic E-state index is 0.282. The van der Waals surface area contributed by atoms with Crippen molar-refractivity contribution in [2.24, 2.45) is 0 Å². The molecule has 2 unspecified atom stereocenters. The second-order valence-corrected chi connectivity index (χ2v) is 4.74. The van der Waals surface area contributed by atoms with E-state index in [1.54, 1.807) is 6.92 Å². The molecule has 0 aromatic heterocycles. The lowest BCUT2D eigenvalue weighted by molar-refractivity contribution is -0.156. The third-order valence-corrected chi connectivity index (χ3v) is 2.78. The third kappa shape index (κ3) is 4.99. The molecule has 0 aliphatic heterocycles. The summed E-state index contributed by atoms with van der Waals surface area (Å²) in [6.07, 6.45) is -0.736. The van der Waals surface area contributed by atoms with Crippen LogP contribution in [0.1, 0.15) is 19.4 Å². The number of nitrogens with one attached hydrogen (secondary N) is 1. The Morgan fingerprint density at radius 1 is 1.35 bits per heavy atom. The van der Waals surface area contributed by atoms with Crippen molar-refractivity contribution in [3.8, 4) is 0 Å². The molecular formula is C14H19NO5. The van der Waals surface area contributed by atoms with Crippen LogP contribution in [0.25, 0.3) is 0 Å². The van der Waals surface area contributed by atoms with E-state index < -0.39 is 23.6 Å². The van der Waals surface area contributed by atoms with Crippen molar-refractivity contribution in [1.29, 1.82) is 0 Å². The first-order valence-electron chi connectivity index (χ1n) is 6.22. The molecule has 0 heterocycles. The van der Waals surface area contributed by atoms with Crippen LogP contribution in [0, 0.1) is 0 Å². The number of hydrogen-bond donors (Lipinski definition) is 3. The molecule has 1 amide bonds. The topological polar surface area (TPSA) is 95.9 Å². The van der Waals surface area contributed by atoms with Gasteiger partial charge in [0.2, 0.25) is 5.91 Å². The number of carbonyl (C=O) groups is 2. The first-order valence-corrected chi connectivity index (χ1v) is 6.22. The summed E-state index contributed by atoms with van der Waals surface area (Å²) >= 11 is 0. The Labute approximate surface area is 117 Å². The van der Waals surface area contributed by atoms with Crippen molar-refractivity contribution >= 4 is 11.9 Å². The summed E-state index contributed by atoms with van der Waals surface area (Å²) in [5, 5.41) is 20.5.